The fourth-order valence-electron chi connectivity index (χ4n) is 1.74. The summed E-state index contributed by atoms with van der Waals surface area (Å²) in [7, 11) is 0. The minimum absolute atomic E-state index is 0. The maximum Gasteiger partial charge on any atom is 0.147 e. The second-order valence-electron chi connectivity index (χ2n) is 3.68. The summed E-state index contributed by atoms with van der Waals surface area (Å²) < 4.78 is 19.0. The molecule has 6 heteroatoms. The van der Waals surface area contributed by atoms with Crippen LogP contribution in [0.15, 0.2) is 18.2 Å². The third kappa shape index (κ3) is 3.08. The van der Waals surface area contributed by atoms with Crippen molar-refractivity contribution < 1.29 is 9.13 Å². The van der Waals surface area contributed by atoms with Gasteiger partial charge in [0.1, 0.15) is 11.7 Å². The molecule has 1 aliphatic heterocycles. The Morgan fingerprint density at radius 1 is 1.35 bits per heavy atom. The van der Waals surface area contributed by atoms with Crippen LogP contribution in [-0.4, -0.2) is 32.1 Å². The van der Waals surface area contributed by atoms with Crippen LogP contribution < -0.4 is 10.6 Å². The molecule has 0 radical (unpaired) electrons. The number of halogens is 2. The summed E-state index contributed by atoms with van der Waals surface area (Å²) in [5.74, 6) is -0.456. The fraction of sp³-hybridized carbons (Fsp3) is 0.364. The molecule has 0 amide bonds. The highest BCUT2D eigenvalue weighted by Crippen LogP contribution is 2.21. The molecule has 1 fully saturated rings. The summed E-state index contributed by atoms with van der Waals surface area (Å²) in [6, 6.07) is 4.63. The molecule has 0 spiro atoms. The molecule has 1 aliphatic rings. The van der Waals surface area contributed by atoms with Crippen molar-refractivity contribution in [2.75, 3.05) is 31.2 Å². The molecule has 0 bridgehead atoms. The maximum atomic E-state index is 13.8. The zero-order valence-corrected chi connectivity index (χ0v) is 10.1. The molecule has 2 rings (SSSR count). The van der Waals surface area contributed by atoms with E-state index in [-0.39, 0.29) is 24.1 Å². The molecule has 1 aromatic rings. The Balaban J connectivity index is 0.00000144. The van der Waals surface area contributed by atoms with Gasteiger partial charge in [-0.1, -0.05) is 0 Å². The summed E-state index contributed by atoms with van der Waals surface area (Å²) >= 11 is 0. The molecule has 17 heavy (non-hydrogen) atoms. The quantitative estimate of drug-likeness (QED) is 0.623. The molecule has 0 unspecified atom stereocenters. The average Bonchev–Trinajstić information content (AvgIpc) is 2.30. The number of anilines is 1. The van der Waals surface area contributed by atoms with Gasteiger partial charge in [-0.2, -0.15) is 0 Å². The highest BCUT2D eigenvalue weighted by Gasteiger charge is 2.15. The van der Waals surface area contributed by atoms with E-state index < -0.39 is 0 Å². The Labute approximate surface area is 105 Å². The third-order valence-corrected chi connectivity index (χ3v) is 2.61. The number of nitrogens with two attached hydrogens (primary N) is 1. The number of benzene rings is 1. The lowest BCUT2D eigenvalue weighted by Gasteiger charge is -2.29. The van der Waals surface area contributed by atoms with Crippen LogP contribution in [-0.2, 0) is 4.74 Å². The SMILES string of the molecule is Cl.N=C(N)c1ccc(N2CCOCC2)c(F)c1. The van der Waals surface area contributed by atoms with E-state index in [1.54, 1.807) is 12.1 Å². The molecule has 94 valence electrons. The Bertz CT molecular complexity index is 408. The first-order valence-electron chi connectivity index (χ1n) is 5.15. The molecule has 3 N–H and O–H groups in total. The van der Waals surface area contributed by atoms with Crippen LogP contribution in [0.1, 0.15) is 5.56 Å². The van der Waals surface area contributed by atoms with Crippen molar-refractivity contribution in [1.29, 1.82) is 5.41 Å². The highest BCUT2D eigenvalue weighted by atomic mass is 35.5. The van der Waals surface area contributed by atoms with Gasteiger partial charge in [-0.05, 0) is 18.2 Å². The first kappa shape index (κ1) is 13.7. The second-order valence-corrected chi connectivity index (χ2v) is 3.68. The number of nitrogen functional groups attached to an aromatic ring is 1. The summed E-state index contributed by atoms with van der Waals surface area (Å²) in [6.07, 6.45) is 0. The van der Waals surface area contributed by atoms with Gasteiger partial charge in [-0.3, -0.25) is 5.41 Å². The molecule has 0 atom stereocenters. The lowest BCUT2D eigenvalue weighted by atomic mass is 10.1. The number of ether oxygens (including phenoxy) is 1. The fourth-order valence-corrected chi connectivity index (χ4v) is 1.74. The summed E-state index contributed by atoms with van der Waals surface area (Å²) in [5.41, 5.74) is 6.26. The van der Waals surface area contributed by atoms with Gasteiger partial charge in [0.15, 0.2) is 0 Å². The minimum atomic E-state index is -0.338. The van der Waals surface area contributed by atoms with Gasteiger partial charge in [0, 0.05) is 18.7 Å². The number of hydrogen-bond donors (Lipinski definition) is 2. The Hall–Kier alpha value is -1.33. The lowest BCUT2D eigenvalue weighted by molar-refractivity contribution is 0.122. The Morgan fingerprint density at radius 3 is 2.53 bits per heavy atom. The lowest BCUT2D eigenvalue weighted by Crippen LogP contribution is -2.36. The zero-order chi connectivity index (χ0) is 11.5. The van der Waals surface area contributed by atoms with Crippen LogP contribution in [0, 0.1) is 11.2 Å². The van der Waals surface area contributed by atoms with Crippen LogP contribution in [0.25, 0.3) is 0 Å². The topological polar surface area (TPSA) is 62.3 Å². The number of hydrogen-bond acceptors (Lipinski definition) is 3. The molecule has 0 saturated carbocycles. The molecular weight excluding hydrogens is 245 g/mol. The number of rotatable bonds is 2. The van der Waals surface area contributed by atoms with Crippen molar-refractivity contribution in [2.45, 2.75) is 0 Å². The Morgan fingerprint density at radius 2 is 2.00 bits per heavy atom. The third-order valence-electron chi connectivity index (χ3n) is 2.61. The van der Waals surface area contributed by atoms with Crippen molar-refractivity contribution in [1.82, 2.24) is 0 Å². The predicted molar refractivity (Wildman–Crippen MR) is 67.7 cm³/mol. The molecule has 1 saturated heterocycles. The first-order valence-corrected chi connectivity index (χ1v) is 5.15. The smallest absolute Gasteiger partial charge is 0.147 e. The van der Waals surface area contributed by atoms with Crippen LogP contribution in [0.4, 0.5) is 10.1 Å². The zero-order valence-electron chi connectivity index (χ0n) is 9.28. The van der Waals surface area contributed by atoms with Crippen LogP contribution >= 0.6 is 12.4 Å². The van der Waals surface area contributed by atoms with Gasteiger partial charge in [0.2, 0.25) is 0 Å². The number of amidine groups is 1. The monoisotopic (exact) mass is 259 g/mol. The highest BCUT2D eigenvalue weighted by molar-refractivity contribution is 5.95. The molecule has 4 nitrogen and oxygen atoms in total. The van der Waals surface area contributed by atoms with Crippen molar-refractivity contribution in [3.63, 3.8) is 0 Å². The number of morpholine rings is 1. The summed E-state index contributed by atoms with van der Waals surface area (Å²) in [5, 5.41) is 7.22. The van der Waals surface area contributed by atoms with Crippen LogP contribution in [0.2, 0.25) is 0 Å². The van der Waals surface area contributed by atoms with Gasteiger partial charge in [0.25, 0.3) is 0 Å². The van der Waals surface area contributed by atoms with Gasteiger partial charge in [-0.25, -0.2) is 4.39 Å². The summed E-state index contributed by atoms with van der Waals surface area (Å²) in [4.78, 5) is 1.93. The van der Waals surface area contributed by atoms with Crippen molar-refractivity contribution in [3.05, 3.63) is 29.6 Å². The van der Waals surface area contributed by atoms with Crippen LogP contribution in [0.5, 0.6) is 0 Å². The normalized spacial score (nSPS) is 15.2. The predicted octanol–water partition coefficient (Wildman–Crippen LogP) is 1.37. The van der Waals surface area contributed by atoms with E-state index in [4.69, 9.17) is 15.9 Å². The van der Waals surface area contributed by atoms with Gasteiger partial charge < -0.3 is 15.4 Å². The van der Waals surface area contributed by atoms with Crippen molar-refractivity contribution in [3.8, 4) is 0 Å². The van der Waals surface area contributed by atoms with Crippen molar-refractivity contribution >= 4 is 23.9 Å². The van der Waals surface area contributed by atoms with E-state index in [2.05, 4.69) is 0 Å². The van der Waals surface area contributed by atoms with E-state index in [0.29, 0.717) is 37.6 Å². The molecule has 1 aromatic carbocycles. The van der Waals surface area contributed by atoms with Gasteiger partial charge >= 0.3 is 0 Å². The van der Waals surface area contributed by atoms with E-state index in [0.717, 1.165) is 0 Å². The van der Waals surface area contributed by atoms with Crippen LogP contribution in [0.3, 0.4) is 0 Å². The van der Waals surface area contributed by atoms with Crippen molar-refractivity contribution in [2.24, 2.45) is 5.73 Å². The molecular formula is C11H15ClFN3O. The summed E-state index contributed by atoms with van der Waals surface area (Å²) in [6.45, 7) is 2.62. The number of nitrogens with zero attached hydrogens (tertiary/aromatic N) is 1. The van der Waals surface area contributed by atoms with E-state index in [1.165, 1.54) is 6.07 Å². The van der Waals surface area contributed by atoms with Gasteiger partial charge in [0.05, 0.1) is 18.9 Å². The molecule has 0 aromatic heterocycles. The van der Waals surface area contributed by atoms with Gasteiger partial charge in [-0.15, -0.1) is 12.4 Å². The van der Waals surface area contributed by atoms with E-state index in [9.17, 15) is 4.39 Å². The molecule has 0 aliphatic carbocycles. The van der Waals surface area contributed by atoms with E-state index in [1.807, 2.05) is 4.90 Å². The minimum Gasteiger partial charge on any atom is -0.384 e. The average molecular weight is 260 g/mol. The largest absolute Gasteiger partial charge is 0.384 e. The molecule has 1 heterocycles. The number of nitrogens with one attached hydrogen (secondary N) is 1. The van der Waals surface area contributed by atoms with E-state index >= 15 is 0 Å². The standard InChI is InChI=1S/C11H14FN3O.ClH/c12-9-7-8(11(13)14)1-2-10(9)15-3-5-16-6-4-15;/h1-2,7H,3-6H2,(H3,13,14);1H. The second kappa shape index (κ2) is 5.84. The maximum absolute atomic E-state index is 13.8. The first-order chi connectivity index (χ1) is 7.68. The Kier molecular flexibility index (Phi) is 4.72.